The van der Waals surface area contributed by atoms with Gasteiger partial charge in [0.2, 0.25) is 11.4 Å². The Labute approximate surface area is 238 Å². The number of hydrogen-bond donors (Lipinski definition) is 2. The molecule has 0 bridgehead atoms. The molecule has 2 unspecified atom stereocenters. The SMILES string of the molecule is CC(CCCO)(N=NC(C)(CCCO)Oc1ccc(SC(C)(C)C)cc1)Oc1ccc(SC(C)(C)C)cc1. The van der Waals surface area contributed by atoms with E-state index in [9.17, 15) is 10.2 Å². The van der Waals surface area contributed by atoms with Crippen LogP contribution in [0.2, 0.25) is 0 Å². The van der Waals surface area contributed by atoms with Gasteiger partial charge in [0.25, 0.3) is 0 Å². The fraction of sp³-hybridized carbons (Fsp3) is 0.600. The van der Waals surface area contributed by atoms with Crippen molar-refractivity contribution >= 4 is 23.5 Å². The van der Waals surface area contributed by atoms with Crippen molar-refractivity contribution < 1.29 is 19.7 Å². The highest BCUT2D eigenvalue weighted by Gasteiger charge is 2.31. The predicted octanol–water partition coefficient (Wildman–Crippen LogP) is 8.36. The quantitative estimate of drug-likeness (QED) is 0.178. The van der Waals surface area contributed by atoms with E-state index in [4.69, 9.17) is 9.47 Å². The van der Waals surface area contributed by atoms with Gasteiger partial charge in [-0.1, -0.05) is 41.5 Å². The Morgan fingerprint density at radius 1 is 0.579 bits per heavy atom. The van der Waals surface area contributed by atoms with Crippen LogP contribution in [0.25, 0.3) is 0 Å². The van der Waals surface area contributed by atoms with Gasteiger partial charge in [-0.05, 0) is 75.2 Å². The van der Waals surface area contributed by atoms with E-state index in [-0.39, 0.29) is 22.7 Å². The molecule has 0 aliphatic heterocycles. The Morgan fingerprint density at radius 2 is 0.895 bits per heavy atom. The molecule has 0 saturated carbocycles. The van der Waals surface area contributed by atoms with Crippen LogP contribution in [0, 0.1) is 0 Å². The minimum Gasteiger partial charge on any atom is -0.465 e. The Kier molecular flexibility index (Phi) is 12.0. The number of benzene rings is 2. The summed E-state index contributed by atoms with van der Waals surface area (Å²) < 4.78 is 12.9. The van der Waals surface area contributed by atoms with E-state index >= 15 is 0 Å². The van der Waals surface area contributed by atoms with Crippen LogP contribution in [0.4, 0.5) is 0 Å². The number of aliphatic hydroxyl groups excluding tert-OH is 2. The predicted molar refractivity (Wildman–Crippen MR) is 160 cm³/mol. The van der Waals surface area contributed by atoms with Crippen LogP contribution in [0.1, 0.15) is 81.1 Å². The number of hydrogen-bond acceptors (Lipinski definition) is 8. The summed E-state index contributed by atoms with van der Waals surface area (Å²) in [5, 5.41) is 28.2. The minimum atomic E-state index is -0.988. The van der Waals surface area contributed by atoms with Crippen LogP contribution < -0.4 is 9.47 Å². The van der Waals surface area contributed by atoms with Crippen LogP contribution in [-0.4, -0.2) is 44.4 Å². The monoisotopic (exact) mass is 562 g/mol. The average molecular weight is 563 g/mol. The average Bonchev–Trinajstić information content (AvgIpc) is 2.81. The molecule has 0 fully saturated rings. The fourth-order valence-corrected chi connectivity index (χ4v) is 5.59. The van der Waals surface area contributed by atoms with Crippen LogP contribution in [-0.2, 0) is 0 Å². The van der Waals surface area contributed by atoms with Gasteiger partial charge in [-0.15, -0.1) is 33.8 Å². The molecule has 2 aromatic rings. The molecule has 38 heavy (non-hydrogen) atoms. The molecule has 8 heteroatoms. The third-order valence-corrected chi connectivity index (χ3v) is 7.48. The topological polar surface area (TPSA) is 83.6 Å². The molecule has 0 saturated heterocycles. The number of thioether (sulfide) groups is 2. The first-order chi connectivity index (χ1) is 17.6. The second kappa shape index (κ2) is 14.1. The number of aliphatic hydroxyl groups is 2. The lowest BCUT2D eigenvalue weighted by Crippen LogP contribution is -2.34. The van der Waals surface area contributed by atoms with Gasteiger partial charge >= 0.3 is 0 Å². The van der Waals surface area contributed by atoms with Gasteiger partial charge in [-0.2, -0.15) is 0 Å². The normalized spacial score (nSPS) is 15.7. The third kappa shape index (κ3) is 12.4. The lowest BCUT2D eigenvalue weighted by Gasteiger charge is -2.30. The fourth-order valence-electron chi connectivity index (χ4n) is 3.63. The molecule has 0 radical (unpaired) electrons. The van der Waals surface area contributed by atoms with Gasteiger partial charge in [0.15, 0.2) is 0 Å². The van der Waals surface area contributed by atoms with Gasteiger partial charge in [0.05, 0.1) is 0 Å². The summed E-state index contributed by atoms with van der Waals surface area (Å²) >= 11 is 3.60. The van der Waals surface area contributed by atoms with Crippen LogP contribution in [0.5, 0.6) is 11.5 Å². The largest absolute Gasteiger partial charge is 0.465 e. The first-order valence-electron chi connectivity index (χ1n) is 13.3. The molecule has 2 rings (SSSR count). The van der Waals surface area contributed by atoms with Crippen molar-refractivity contribution in [1.29, 1.82) is 0 Å². The van der Waals surface area contributed by atoms with Crippen molar-refractivity contribution in [3.8, 4) is 11.5 Å². The second-order valence-corrected chi connectivity index (χ2v) is 15.6. The van der Waals surface area contributed by atoms with E-state index in [0.717, 1.165) is 0 Å². The zero-order chi connectivity index (χ0) is 28.5. The van der Waals surface area contributed by atoms with Crippen LogP contribution in [0.3, 0.4) is 0 Å². The summed E-state index contributed by atoms with van der Waals surface area (Å²) in [6.45, 7) is 16.9. The lowest BCUT2D eigenvalue weighted by atomic mass is 10.1. The maximum absolute atomic E-state index is 9.49. The van der Waals surface area contributed by atoms with E-state index in [1.54, 1.807) is 23.5 Å². The van der Waals surface area contributed by atoms with Crippen molar-refractivity contribution in [2.75, 3.05) is 13.2 Å². The van der Waals surface area contributed by atoms with Crippen LogP contribution >= 0.6 is 23.5 Å². The highest BCUT2D eigenvalue weighted by atomic mass is 32.2. The third-order valence-electron chi connectivity index (χ3n) is 5.24. The zero-order valence-corrected chi connectivity index (χ0v) is 25.9. The number of azo groups is 1. The minimum absolute atomic E-state index is 0.0346. The van der Waals surface area contributed by atoms with Crippen molar-refractivity contribution in [1.82, 2.24) is 0 Å². The molecular formula is C30H46N2O4S2. The lowest BCUT2D eigenvalue weighted by molar-refractivity contribution is 0.0357. The molecule has 212 valence electrons. The van der Waals surface area contributed by atoms with E-state index < -0.39 is 11.4 Å². The molecular weight excluding hydrogens is 516 g/mol. The Morgan fingerprint density at radius 3 is 1.16 bits per heavy atom. The van der Waals surface area contributed by atoms with E-state index in [2.05, 4.69) is 51.8 Å². The molecule has 6 nitrogen and oxygen atoms in total. The second-order valence-electron chi connectivity index (χ2n) is 11.8. The molecule has 0 amide bonds. The summed E-state index contributed by atoms with van der Waals surface area (Å²) in [6.07, 6.45) is 2.02. The van der Waals surface area contributed by atoms with Crippen LogP contribution in [0.15, 0.2) is 68.6 Å². The molecule has 2 aromatic carbocycles. The van der Waals surface area contributed by atoms with Crippen molar-refractivity contribution in [3.63, 3.8) is 0 Å². The Balaban J connectivity index is 2.24. The summed E-state index contributed by atoms with van der Waals surface area (Å²) in [6, 6.07) is 16.0. The zero-order valence-electron chi connectivity index (χ0n) is 24.3. The number of rotatable bonds is 14. The summed E-state index contributed by atoms with van der Waals surface area (Å²) in [7, 11) is 0. The van der Waals surface area contributed by atoms with Gasteiger partial charge in [0, 0.05) is 45.3 Å². The first kappa shape index (κ1) is 32.5. The standard InChI is InChI=1S/C30H46N2O4S2/c1-27(2,3)37-25-15-11-23(12-16-25)35-29(7,19-9-21-33)31-32-30(8,20-10-22-34)36-24-13-17-26(18-14-24)38-28(4,5)6/h11-18,33-34H,9-10,19-22H2,1-8H3. The molecule has 2 N–H and O–H groups in total. The van der Waals surface area contributed by atoms with E-state index in [1.807, 2.05) is 62.4 Å². The smallest absolute Gasteiger partial charge is 0.216 e. The molecule has 2 atom stereocenters. The van der Waals surface area contributed by atoms with Gasteiger partial charge in [-0.25, -0.2) is 0 Å². The Hall–Kier alpha value is -1.74. The van der Waals surface area contributed by atoms with E-state index in [1.165, 1.54) is 9.79 Å². The van der Waals surface area contributed by atoms with Crippen molar-refractivity contribution in [2.24, 2.45) is 10.2 Å². The first-order valence-corrected chi connectivity index (χ1v) is 14.9. The van der Waals surface area contributed by atoms with Gasteiger partial charge < -0.3 is 19.7 Å². The number of nitrogens with zero attached hydrogens (tertiary/aromatic N) is 2. The summed E-state index contributed by atoms with van der Waals surface area (Å²) in [5.41, 5.74) is -1.98. The van der Waals surface area contributed by atoms with Gasteiger partial charge in [-0.3, -0.25) is 0 Å². The molecule has 0 aromatic heterocycles. The van der Waals surface area contributed by atoms with Crippen molar-refractivity contribution in [3.05, 3.63) is 48.5 Å². The summed E-state index contributed by atoms with van der Waals surface area (Å²) in [4.78, 5) is 2.33. The maximum Gasteiger partial charge on any atom is 0.216 e. The molecule has 0 heterocycles. The number of ether oxygens (including phenoxy) is 2. The summed E-state index contributed by atoms with van der Waals surface area (Å²) in [5.74, 6) is 1.38. The molecule has 0 aliphatic rings. The van der Waals surface area contributed by atoms with Crippen molar-refractivity contribution in [2.45, 2.75) is 112 Å². The highest BCUT2D eigenvalue weighted by molar-refractivity contribution is 8.00. The Bertz CT molecular complexity index is 919. The van der Waals surface area contributed by atoms with Gasteiger partial charge in [0.1, 0.15) is 11.5 Å². The maximum atomic E-state index is 9.49. The van der Waals surface area contributed by atoms with E-state index in [0.29, 0.717) is 37.2 Å². The molecule has 0 aliphatic carbocycles. The molecule has 0 spiro atoms. The highest BCUT2D eigenvalue weighted by Crippen LogP contribution is 2.35.